The number of carbonyl (C=O) groups is 1. The number of nitrogens with zero attached hydrogens (tertiary/aromatic N) is 5. The third-order valence-electron chi connectivity index (χ3n) is 6.76. The van der Waals surface area contributed by atoms with E-state index in [0.29, 0.717) is 66.4 Å². The normalized spacial score (nSPS) is 14.8. The Hall–Kier alpha value is -4.54. The van der Waals surface area contributed by atoms with Gasteiger partial charge in [-0.3, -0.25) is 10.00 Å². The van der Waals surface area contributed by atoms with Crippen molar-refractivity contribution >= 4 is 28.6 Å². The van der Waals surface area contributed by atoms with Crippen LogP contribution < -0.4 is 19.7 Å². The second kappa shape index (κ2) is 10.4. The Morgan fingerprint density at radius 3 is 2.45 bits per heavy atom. The Morgan fingerprint density at radius 1 is 1.08 bits per heavy atom. The quantitative estimate of drug-likeness (QED) is 0.375. The van der Waals surface area contributed by atoms with Crippen molar-refractivity contribution in [2.75, 3.05) is 37.5 Å². The van der Waals surface area contributed by atoms with Crippen molar-refractivity contribution in [3.63, 3.8) is 0 Å². The van der Waals surface area contributed by atoms with Crippen LogP contribution in [0.15, 0.2) is 54.9 Å². The molecule has 1 aliphatic rings. The lowest BCUT2D eigenvalue weighted by Crippen LogP contribution is -2.49. The lowest BCUT2D eigenvalue weighted by atomic mass is 9.85. The predicted molar refractivity (Wildman–Crippen MR) is 142 cm³/mol. The second-order valence-electron chi connectivity index (χ2n) is 9.32. The van der Waals surface area contributed by atoms with E-state index in [4.69, 9.17) is 14.2 Å². The van der Waals surface area contributed by atoms with Gasteiger partial charge in [0.15, 0.2) is 11.5 Å². The lowest BCUT2D eigenvalue weighted by Gasteiger charge is -2.41. The van der Waals surface area contributed by atoms with Crippen LogP contribution in [0.25, 0.3) is 10.9 Å². The molecule has 38 heavy (non-hydrogen) atoms. The van der Waals surface area contributed by atoms with E-state index in [1.54, 1.807) is 43.4 Å². The maximum absolute atomic E-state index is 12.9. The van der Waals surface area contributed by atoms with Gasteiger partial charge in [0.25, 0.3) is 0 Å². The number of anilines is 2. The van der Waals surface area contributed by atoms with Crippen molar-refractivity contribution in [3.8, 4) is 17.4 Å². The van der Waals surface area contributed by atoms with Crippen LogP contribution in [0.4, 0.5) is 16.4 Å². The zero-order valence-corrected chi connectivity index (χ0v) is 21.5. The molecule has 2 aromatic heterocycles. The zero-order chi connectivity index (χ0) is 26.7. The first-order chi connectivity index (χ1) is 18.4. The molecule has 1 fully saturated rings. The number of aromatic hydroxyl groups is 1. The van der Waals surface area contributed by atoms with Gasteiger partial charge in [0.05, 0.1) is 37.0 Å². The molecular weight excluding hydrogens is 488 g/mol. The van der Waals surface area contributed by atoms with Gasteiger partial charge in [0.1, 0.15) is 5.60 Å². The monoisotopic (exact) mass is 518 g/mol. The molecule has 0 unspecified atom stereocenters. The first-order valence-corrected chi connectivity index (χ1v) is 12.3. The van der Waals surface area contributed by atoms with Gasteiger partial charge in [-0.1, -0.05) is 30.3 Å². The van der Waals surface area contributed by atoms with Gasteiger partial charge in [0.2, 0.25) is 11.8 Å². The van der Waals surface area contributed by atoms with E-state index in [1.165, 1.54) is 7.11 Å². The third-order valence-corrected chi connectivity index (χ3v) is 6.76. The van der Waals surface area contributed by atoms with Crippen molar-refractivity contribution in [3.05, 3.63) is 60.4 Å². The highest BCUT2D eigenvalue weighted by atomic mass is 16.6. The topological polar surface area (TPSA) is 124 Å². The molecule has 2 aromatic carbocycles. The van der Waals surface area contributed by atoms with Crippen molar-refractivity contribution in [2.24, 2.45) is 7.05 Å². The van der Waals surface area contributed by atoms with E-state index in [2.05, 4.69) is 20.4 Å². The number of hydrogen-bond donors (Lipinski definition) is 2. The summed E-state index contributed by atoms with van der Waals surface area (Å²) in [5, 5.41) is 18.0. The fourth-order valence-electron chi connectivity index (χ4n) is 4.79. The maximum Gasteiger partial charge on any atom is 0.412 e. The van der Waals surface area contributed by atoms with Crippen LogP contribution >= 0.6 is 0 Å². The van der Waals surface area contributed by atoms with Gasteiger partial charge in [-0.05, 0) is 11.6 Å². The van der Waals surface area contributed by atoms with E-state index in [9.17, 15) is 9.90 Å². The number of aromatic nitrogens is 4. The summed E-state index contributed by atoms with van der Waals surface area (Å²) >= 11 is 0. The number of ether oxygens (including phenoxy) is 3. The first kappa shape index (κ1) is 25.1. The van der Waals surface area contributed by atoms with E-state index in [0.717, 1.165) is 5.56 Å². The van der Waals surface area contributed by atoms with Crippen molar-refractivity contribution in [1.82, 2.24) is 19.7 Å². The maximum atomic E-state index is 12.9. The molecular formula is C27H30N6O5. The Morgan fingerprint density at radius 2 is 1.79 bits per heavy atom. The van der Waals surface area contributed by atoms with Crippen LogP contribution in [0.2, 0.25) is 0 Å². The summed E-state index contributed by atoms with van der Waals surface area (Å²) in [6.07, 6.45) is 4.43. The number of aryl methyl sites for hydroxylation is 1. The average molecular weight is 519 g/mol. The highest BCUT2D eigenvalue weighted by Gasteiger charge is 2.39. The number of methoxy groups -OCH3 is 2. The van der Waals surface area contributed by atoms with Gasteiger partial charge < -0.3 is 24.2 Å². The Bertz CT molecular complexity index is 1430. The summed E-state index contributed by atoms with van der Waals surface area (Å²) in [6.45, 7) is 1.07. The summed E-state index contributed by atoms with van der Waals surface area (Å²) in [4.78, 5) is 23.9. The Labute approximate surface area is 220 Å². The molecule has 3 heterocycles. The molecule has 11 heteroatoms. The van der Waals surface area contributed by atoms with Gasteiger partial charge in [-0.15, -0.1) is 0 Å². The van der Waals surface area contributed by atoms with E-state index < -0.39 is 11.7 Å². The highest BCUT2D eigenvalue weighted by molar-refractivity contribution is 5.87. The largest absolute Gasteiger partial charge is 0.493 e. The summed E-state index contributed by atoms with van der Waals surface area (Å²) in [5.74, 6) is 1.25. The number of carbonyl (C=O) groups excluding carboxylic acids is 1. The van der Waals surface area contributed by atoms with Crippen LogP contribution in [-0.4, -0.2) is 63.9 Å². The molecule has 0 atom stereocenters. The van der Waals surface area contributed by atoms with E-state index in [-0.39, 0.29) is 5.88 Å². The SMILES string of the molecule is COc1cc2nc(N3CCC(Cc4ccccc4)(OC(=O)Nc4cnn(C)c4)CC3)nc(O)c2cc1OC. The number of amides is 1. The fourth-order valence-corrected chi connectivity index (χ4v) is 4.79. The molecule has 1 aliphatic heterocycles. The number of nitrogens with one attached hydrogen (secondary N) is 1. The first-order valence-electron chi connectivity index (χ1n) is 12.3. The van der Waals surface area contributed by atoms with Crippen LogP contribution in [-0.2, 0) is 18.2 Å². The van der Waals surface area contributed by atoms with Crippen molar-refractivity contribution < 1.29 is 24.1 Å². The summed E-state index contributed by atoms with van der Waals surface area (Å²) in [6, 6.07) is 13.3. The average Bonchev–Trinajstić information content (AvgIpc) is 3.32. The summed E-state index contributed by atoms with van der Waals surface area (Å²) in [7, 11) is 4.86. The standard InChI is InChI=1S/C27H30N6O5/c1-32-17-19(16-28-32)29-26(35)38-27(15-18-7-5-4-6-8-18)9-11-33(12-10-27)25-30-21-14-23(37-3)22(36-2)13-20(21)24(34)31-25/h4-8,13-14,16-17H,9-12,15H2,1-3H3,(H,29,35)(H,30,31,34). The van der Waals surface area contributed by atoms with Crippen LogP contribution in [0.1, 0.15) is 18.4 Å². The Balaban J connectivity index is 1.37. The summed E-state index contributed by atoms with van der Waals surface area (Å²) < 4.78 is 18.4. The fraction of sp³-hybridized carbons (Fsp3) is 0.333. The predicted octanol–water partition coefficient (Wildman–Crippen LogP) is 3.92. The molecule has 1 amide bonds. The van der Waals surface area contributed by atoms with Crippen LogP contribution in [0.3, 0.4) is 0 Å². The second-order valence-corrected chi connectivity index (χ2v) is 9.32. The van der Waals surface area contributed by atoms with Crippen molar-refractivity contribution in [2.45, 2.75) is 24.9 Å². The van der Waals surface area contributed by atoms with Crippen LogP contribution in [0, 0.1) is 0 Å². The van der Waals surface area contributed by atoms with Gasteiger partial charge in [-0.25, -0.2) is 9.78 Å². The minimum atomic E-state index is -0.723. The summed E-state index contributed by atoms with van der Waals surface area (Å²) in [5.41, 5.74) is 1.46. The van der Waals surface area contributed by atoms with Crippen molar-refractivity contribution in [1.29, 1.82) is 0 Å². The minimum absolute atomic E-state index is 0.140. The number of fused-ring (bicyclic) bond motifs is 1. The molecule has 1 saturated heterocycles. The van der Waals surface area contributed by atoms with Gasteiger partial charge >= 0.3 is 6.09 Å². The van der Waals surface area contributed by atoms with Crippen LogP contribution in [0.5, 0.6) is 17.4 Å². The molecule has 198 valence electrons. The molecule has 11 nitrogen and oxygen atoms in total. The van der Waals surface area contributed by atoms with E-state index in [1.807, 2.05) is 35.2 Å². The molecule has 0 aliphatic carbocycles. The van der Waals surface area contributed by atoms with Gasteiger partial charge in [-0.2, -0.15) is 10.1 Å². The smallest absolute Gasteiger partial charge is 0.412 e. The number of piperidine rings is 1. The minimum Gasteiger partial charge on any atom is -0.493 e. The Kier molecular flexibility index (Phi) is 6.91. The lowest BCUT2D eigenvalue weighted by molar-refractivity contribution is 0.000318. The molecule has 0 bridgehead atoms. The third kappa shape index (κ3) is 5.26. The molecule has 0 saturated carbocycles. The number of rotatable bonds is 7. The highest BCUT2D eigenvalue weighted by Crippen LogP contribution is 2.37. The van der Waals surface area contributed by atoms with E-state index >= 15 is 0 Å². The molecule has 4 aromatic rings. The molecule has 0 radical (unpaired) electrons. The van der Waals surface area contributed by atoms with Gasteiger partial charge in [0, 0.05) is 51.7 Å². The molecule has 0 spiro atoms. The number of hydrogen-bond acceptors (Lipinski definition) is 9. The zero-order valence-electron chi connectivity index (χ0n) is 21.5. The molecule has 2 N–H and O–H groups in total. The molecule has 5 rings (SSSR count). The number of benzene rings is 2.